The molecule has 110 valence electrons. The van der Waals surface area contributed by atoms with E-state index in [-0.39, 0.29) is 34.2 Å². The number of thiophene rings is 1. The van der Waals surface area contributed by atoms with Crippen molar-refractivity contribution in [3.63, 3.8) is 0 Å². The molecule has 0 saturated heterocycles. The number of fused-ring (bicyclic) bond motifs is 1. The van der Waals surface area contributed by atoms with Gasteiger partial charge >= 0.3 is 0 Å². The van der Waals surface area contributed by atoms with E-state index < -0.39 is 15.8 Å². The van der Waals surface area contributed by atoms with Crippen molar-refractivity contribution < 1.29 is 17.6 Å². The number of sulfonamides is 1. The molecule has 0 amide bonds. The van der Waals surface area contributed by atoms with E-state index in [9.17, 15) is 17.6 Å². The van der Waals surface area contributed by atoms with Crippen LogP contribution in [0.1, 0.15) is 16.8 Å². The summed E-state index contributed by atoms with van der Waals surface area (Å²) in [7, 11) is -3.80. The zero-order valence-electron chi connectivity index (χ0n) is 10.5. The van der Waals surface area contributed by atoms with Crippen LogP contribution < -0.4 is 4.31 Å². The van der Waals surface area contributed by atoms with Crippen LogP contribution in [-0.4, -0.2) is 20.7 Å². The zero-order valence-corrected chi connectivity index (χ0v) is 12.9. The van der Waals surface area contributed by atoms with Crippen molar-refractivity contribution in [2.45, 2.75) is 10.6 Å². The molecule has 2 heterocycles. The number of nitrogens with zero attached hydrogens (tertiary/aromatic N) is 1. The molecule has 0 atom stereocenters. The average molecular weight is 346 g/mol. The Morgan fingerprint density at radius 1 is 1.24 bits per heavy atom. The number of carbonyl (C=O) groups excluding carboxylic acids is 1. The van der Waals surface area contributed by atoms with Gasteiger partial charge in [-0.1, -0.05) is 11.6 Å². The van der Waals surface area contributed by atoms with Gasteiger partial charge in [-0.15, -0.1) is 11.3 Å². The highest BCUT2D eigenvalue weighted by Gasteiger charge is 2.33. The monoisotopic (exact) mass is 345 g/mol. The zero-order chi connectivity index (χ0) is 15.2. The summed E-state index contributed by atoms with van der Waals surface area (Å²) in [5, 5.41) is 0. The molecule has 8 heteroatoms. The molecule has 0 bridgehead atoms. The van der Waals surface area contributed by atoms with Gasteiger partial charge in [0, 0.05) is 18.5 Å². The normalized spacial score (nSPS) is 15.1. The van der Waals surface area contributed by atoms with Crippen LogP contribution in [0.3, 0.4) is 0 Å². The quantitative estimate of drug-likeness (QED) is 0.839. The first-order valence-corrected chi connectivity index (χ1v) is 8.64. The highest BCUT2D eigenvalue weighted by atomic mass is 35.5. The van der Waals surface area contributed by atoms with E-state index >= 15 is 0 Å². The fraction of sp³-hybridized carbons (Fsp3) is 0.154. The number of benzene rings is 1. The lowest BCUT2D eigenvalue weighted by atomic mass is 10.0. The van der Waals surface area contributed by atoms with Gasteiger partial charge in [-0.05, 0) is 30.3 Å². The van der Waals surface area contributed by atoms with E-state index in [1.165, 1.54) is 18.2 Å². The fourth-order valence-electron chi connectivity index (χ4n) is 2.20. The molecule has 0 fully saturated rings. The Morgan fingerprint density at radius 2 is 2.00 bits per heavy atom. The van der Waals surface area contributed by atoms with Crippen LogP contribution in [0.4, 0.5) is 10.1 Å². The maximum Gasteiger partial charge on any atom is 0.273 e. The first-order valence-electron chi connectivity index (χ1n) is 6.00. The highest BCUT2D eigenvalue weighted by Crippen LogP contribution is 2.35. The van der Waals surface area contributed by atoms with E-state index in [1.54, 1.807) is 0 Å². The minimum Gasteiger partial charge on any atom is -0.294 e. The summed E-state index contributed by atoms with van der Waals surface area (Å²) >= 11 is 6.73. The Hall–Kier alpha value is -1.44. The van der Waals surface area contributed by atoms with Gasteiger partial charge in [0.1, 0.15) is 10.0 Å². The Morgan fingerprint density at radius 3 is 2.67 bits per heavy atom. The summed E-state index contributed by atoms with van der Waals surface area (Å²) in [5.41, 5.74) is 0.296. The summed E-state index contributed by atoms with van der Waals surface area (Å²) in [6.07, 6.45) is 0.0226. The van der Waals surface area contributed by atoms with Gasteiger partial charge in [-0.2, -0.15) is 0 Å². The average Bonchev–Trinajstić information content (AvgIpc) is 2.87. The summed E-state index contributed by atoms with van der Waals surface area (Å²) in [5.74, 6) is -0.833. The molecule has 21 heavy (non-hydrogen) atoms. The second kappa shape index (κ2) is 5.08. The van der Waals surface area contributed by atoms with Crippen LogP contribution >= 0.6 is 22.9 Å². The van der Waals surface area contributed by atoms with Crippen LogP contribution in [0.5, 0.6) is 0 Å². The molecule has 0 N–H and O–H groups in total. The van der Waals surface area contributed by atoms with Crippen LogP contribution in [0.25, 0.3) is 0 Å². The maximum absolute atomic E-state index is 13.3. The molecule has 0 aliphatic carbocycles. The standard InChI is InChI=1S/C13H9ClFNO3S2/c14-12-3-4-13(20-12)21(18,19)16-6-5-11(17)9-7-8(15)1-2-10(9)16/h1-4,7H,5-6H2. The van der Waals surface area contributed by atoms with Gasteiger partial charge in [0.15, 0.2) is 5.78 Å². The number of ketones is 1. The molecule has 1 aliphatic rings. The molecule has 1 aliphatic heterocycles. The Balaban J connectivity index is 2.13. The summed E-state index contributed by atoms with van der Waals surface area (Å²) in [6.45, 7) is 0.0370. The van der Waals surface area contributed by atoms with Gasteiger partial charge in [0.2, 0.25) is 0 Å². The minimum atomic E-state index is -3.80. The van der Waals surface area contributed by atoms with Crippen molar-refractivity contribution >= 4 is 44.4 Å². The third kappa shape index (κ3) is 2.45. The highest BCUT2D eigenvalue weighted by molar-refractivity contribution is 7.94. The molecular formula is C13H9ClFNO3S2. The molecule has 0 radical (unpaired) electrons. The van der Waals surface area contributed by atoms with E-state index in [2.05, 4.69) is 0 Å². The van der Waals surface area contributed by atoms with Crippen LogP contribution in [0.15, 0.2) is 34.5 Å². The topological polar surface area (TPSA) is 54.5 Å². The third-order valence-electron chi connectivity index (χ3n) is 3.16. The summed E-state index contributed by atoms with van der Waals surface area (Å²) in [4.78, 5) is 11.8. The molecule has 1 aromatic heterocycles. The number of carbonyl (C=O) groups is 1. The van der Waals surface area contributed by atoms with E-state index in [1.807, 2.05) is 0 Å². The smallest absolute Gasteiger partial charge is 0.273 e. The lowest BCUT2D eigenvalue weighted by Gasteiger charge is -2.29. The fourth-order valence-corrected chi connectivity index (χ4v) is 5.28. The van der Waals surface area contributed by atoms with Crippen molar-refractivity contribution in [3.8, 4) is 0 Å². The predicted molar refractivity (Wildman–Crippen MR) is 79.2 cm³/mol. The van der Waals surface area contributed by atoms with Crippen molar-refractivity contribution in [2.24, 2.45) is 0 Å². The molecule has 2 aromatic rings. The van der Waals surface area contributed by atoms with Gasteiger partial charge in [0.25, 0.3) is 10.0 Å². The lowest BCUT2D eigenvalue weighted by Crippen LogP contribution is -2.37. The Bertz CT molecular complexity index is 832. The number of anilines is 1. The van der Waals surface area contributed by atoms with Crippen molar-refractivity contribution in [2.75, 3.05) is 10.8 Å². The number of halogens is 2. The van der Waals surface area contributed by atoms with Gasteiger partial charge in [0.05, 0.1) is 10.0 Å². The SMILES string of the molecule is O=C1CCN(S(=O)(=O)c2ccc(Cl)s2)c2ccc(F)cc21. The first kappa shape index (κ1) is 14.5. The van der Waals surface area contributed by atoms with E-state index in [0.29, 0.717) is 4.34 Å². The molecule has 0 saturated carbocycles. The second-order valence-electron chi connectivity index (χ2n) is 4.47. The van der Waals surface area contributed by atoms with Crippen molar-refractivity contribution in [1.82, 2.24) is 0 Å². The van der Waals surface area contributed by atoms with Gasteiger partial charge in [-0.25, -0.2) is 12.8 Å². The predicted octanol–water partition coefficient (Wildman–Crippen LogP) is 3.32. The third-order valence-corrected chi connectivity index (χ3v) is 6.67. The molecule has 4 nitrogen and oxygen atoms in total. The molecule has 0 spiro atoms. The van der Waals surface area contributed by atoms with Crippen molar-refractivity contribution in [1.29, 1.82) is 0 Å². The van der Waals surface area contributed by atoms with E-state index in [0.717, 1.165) is 27.8 Å². The number of rotatable bonds is 2. The number of Topliss-reactive ketones (excluding diaryl/α,β-unsaturated/α-hetero) is 1. The largest absolute Gasteiger partial charge is 0.294 e. The molecule has 1 aromatic carbocycles. The second-order valence-corrected chi connectivity index (χ2v) is 8.27. The van der Waals surface area contributed by atoms with E-state index in [4.69, 9.17) is 11.6 Å². The minimum absolute atomic E-state index is 0.0226. The van der Waals surface area contributed by atoms with Crippen LogP contribution in [0, 0.1) is 5.82 Å². The molecule has 3 rings (SSSR count). The first-order chi connectivity index (χ1) is 9.89. The summed E-state index contributed by atoms with van der Waals surface area (Å²) < 4.78 is 40.1. The number of hydrogen-bond acceptors (Lipinski definition) is 4. The molecule has 0 unspecified atom stereocenters. The van der Waals surface area contributed by atoms with Crippen molar-refractivity contribution in [3.05, 3.63) is 46.0 Å². The van der Waals surface area contributed by atoms with Crippen LogP contribution in [0.2, 0.25) is 4.34 Å². The van der Waals surface area contributed by atoms with Gasteiger partial charge < -0.3 is 0 Å². The Kier molecular flexibility index (Phi) is 3.51. The molecular weight excluding hydrogens is 337 g/mol. The lowest BCUT2D eigenvalue weighted by molar-refractivity contribution is 0.0981. The number of hydrogen-bond donors (Lipinski definition) is 0. The van der Waals surface area contributed by atoms with Gasteiger partial charge in [-0.3, -0.25) is 9.10 Å². The Labute approximate surface area is 129 Å². The maximum atomic E-state index is 13.3. The summed E-state index contributed by atoms with van der Waals surface area (Å²) in [6, 6.07) is 6.44. The van der Waals surface area contributed by atoms with Crippen LogP contribution in [-0.2, 0) is 10.0 Å².